The van der Waals surface area contributed by atoms with Gasteiger partial charge in [-0.1, -0.05) is 12.8 Å². The van der Waals surface area contributed by atoms with Crippen LogP contribution in [0.4, 0.5) is 0 Å². The molecule has 1 saturated carbocycles. The first-order chi connectivity index (χ1) is 8.68. The van der Waals surface area contributed by atoms with Crippen molar-refractivity contribution in [3.63, 3.8) is 0 Å². The molecule has 1 amide bonds. The smallest absolute Gasteiger partial charge is 0.224 e. The van der Waals surface area contributed by atoms with E-state index >= 15 is 0 Å². The number of hydrogen-bond acceptors (Lipinski definition) is 3. The summed E-state index contributed by atoms with van der Waals surface area (Å²) >= 11 is 1.96. The van der Waals surface area contributed by atoms with Gasteiger partial charge in [0.05, 0.1) is 0 Å². The molecule has 1 unspecified atom stereocenters. The Kier molecular flexibility index (Phi) is 7.55. The molecule has 2 rings (SSSR count). The van der Waals surface area contributed by atoms with Gasteiger partial charge in [-0.3, -0.25) is 4.79 Å². The lowest BCUT2D eigenvalue weighted by atomic mass is 10.1. The van der Waals surface area contributed by atoms with E-state index in [1.54, 1.807) is 0 Å². The summed E-state index contributed by atoms with van der Waals surface area (Å²) < 4.78 is 0. The van der Waals surface area contributed by atoms with E-state index in [9.17, 15) is 4.79 Å². The van der Waals surface area contributed by atoms with Crippen molar-refractivity contribution in [2.45, 2.75) is 64.1 Å². The second-order valence-corrected chi connectivity index (χ2v) is 6.91. The first-order valence-corrected chi connectivity index (χ1v) is 8.46. The number of halogens is 1. The van der Waals surface area contributed by atoms with Gasteiger partial charge in [-0.2, -0.15) is 11.8 Å². The third-order valence-corrected chi connectivity index (χ3v) is 5.11. The van der Waals surface area contributed by atoms with Gasteiger partial charge in [0.15, 0.2) is 0 Å². The van der Waals surface area contributed by atoms with Crippen molar-refractivity contribution in [3.05, 3.63) is 0 Å². The Labute approximate surface area is 127 Å². The van der Waals surface area contributed by atoms with Gasteiger partial charge in [0.25, 0.3) is 0 Å². The SMILES string of the molecule is CC(C)N(C(=O)CC1CSCCN1)C1CCCC1.Cl. The van der Waals surface area contributed by atoms with Gasteiger partial charge in [-0.15, -0.1) is 12.4 Å². The topological polar surface area (TPSA) is 32.3 Å². The minimum atomic E-state index is 0. The zero-order chi connectivity index (χ0) is 13.0. The Morgan fingerprint density at radius 3 is 2.58 bits per heavy atom. The predicted molar refractivity (Wildman–Crippen MR) is 85.2 cm³/mol. The Morgan fingerprint density at radius 1 is 1.37 bits per heavy atom. The van der Waals surface area contributed by atoms with E-state index in [1.165, 1.54) is 31.4 Å². The van der Waals surface area contributed by atoms with Crippen molar-refractivity contribution >= 4 is 30.1 Å². The van der Waals surface area contributed by atoms with E-state index in [4.69, 9.17) is 0 Å². The average molecular weight is 307 g/mol. The number of hydrogen-bond donors (Lipinski definition) is 1. The third kappa shape index (κ3) is 4.83. The van der Waals surface area contributed by atoms with E-state index < -0.39 is 0 Å². The van der Waals surface area contributed by atoms with Gasteiger partial charge < -0.3 is 10.2 Å². The molecule has 3 nitrogen and oxygen atoms in total. The van der Waals surface area contributed by atoms with Crippen LogP contribution in [0.2, 0.25) is 0 Å². The van der Waals surface area contributed by atoms with Crippen molar-refractivity contribution in [3.8, 4) is 0 Å². The van der Waals surface area contributed by atoms with Crippen molar-refractivity contribution in [2.24, 2.45) is 0 Å². The van der Waals surface area contributed by atoms with Crippen LogP contribution in [0, 0.1) is 0 Å². The summed E-state index contributed by atoms with van der Waals surface area (Å²) in [4.78, 5) is 14.7. The van der Waals surface area contributed by atoms with E-state index in [0.717, 1.165) is 12.3 Å². The van der Waals surface area contributed by atoms with Crippen LogP contribution in [0.3, 0.4) is 0 Å². The van der Waals surface area contributed by atoms with Gasteiger partial charge in [0.2, 0.25) is 5.91 Å². The number of amides is 1. The Morgan fingerprint density at radius 2 is 2.05 bits per heavy atom. The highest BCUT2D eigenvalue weighted by Crippen LogP contribution is 2.26. The maximum Gasteiger partial charge on any atom is 0.224 e. The molecule has 2 fully saturated rings. The molecule has 5 heteroatoms. The maximum atomic E-state index is 12.5. The lowest BCUT2D eigenvalue weighted by Gasteiger charge is -2.34. The van der Waals surface area contributed by atoms with Gasteiger partial charge in [-0.05, 0) is 26.7 Å². The molecule has 1 N–H and O–H groups in total. The molecular formula is C14H27ClN2OS. The number of carbonyl (C=O) groups excluding carboxylic acids is 1. The second-order valence-electron chi connectivity index (χ2n) is 5.76. The minimum absolute atomic E-state index is 0. The third-order valence-electron chi connectivity index (χ3n) is 3.98. The van der Waals surface area contributed by atoms with Crippen molar-refractivity contribution in [2.75, 3.05) is 18.1 Å². The van der Waals surface area contributed by atoms with Crippen molar-refractivity contribution in [1.29, 1.82) is 0 Å². The van der Waals surface area contributed by atoms with Crippen LogP contribution >= 0.6 is 24.2 Å². The number of thioether (sulfide) groups is 1. The lowest BCUT2D eigenvalue weighted by Crippen LogP contribution is -2.47. The fourth-order valence-electron chi connectivity index (χ4n) is 3.16. The van der Waals surface area contributed by atoms with Gasteiger partial charge in [0.1, 0.15) is 0 Å². The summed E-state index contributed by atoms with van der Waals surface area (Å²) in [5, 5.41) is 3.47. The van der Waals surface area contributed by atoms with E-state index in [1.807, 2.05) is 11.8 Å². The molecule has 19 heavy (non-hydrogen) atoms. The molecule has 1 saturated heterocycles. The maximum absolute atomic E-state index is 12.5. The van der Waals surface area contributed by atoms with Crippen LogP contribution in [0.1, 0.15) is 46.0 Å². The Balaban J connectivity index is 0.00000180. The summed E-state index contributed by atoms with van der Waals surface area (Å²) in [5.41, 5.74) is 0. The first-order valence-electron chi connectivity index (χ1n) is 7.30. The molecule has 1 atom stereocenters. The predicted octanol–water partition coefficient (Wildman–Crippen LogP) is 2.68. The average Bonchev–Trinajstić information content (AvgIpc) is 2.83. The number of carbonyl (C=O) groups is 1. The molecule has 112 valence electrons. The fourth-order valence-corrected chi connectivity index (χ4v) is 4.11. The monoisotopic (exact) mass is 306 g/mol. The molecule has 0 spiro atoms. The number of nitrogens with zero attached hydrogens (tertiary/aromatic N) is 1. The second kappa shape index (κ2) is 8.38. The summed E-state index contributed by atoms with van der Waals surface area (Å²) in [6.07, 6.45) is 5.67. The molecule has 0 aromatic heterocycles. The zero-order valence-corrected chi connectivity index (χ0v) is 13.7. The normalized spacial score (nSPS) is 24.3. The van der Waals surface area contributed by atoms with E-state index in [0.29, 0.717) is 30.5 Å². The van der Waals surface area contributed by atoms with Crippen molar-refractivity contribution < 1.29 is 4.79 Å². The Hall–Kier alpha value is 0.0700. The van der Waals surface area contributed by atoms with Crippen molar-refractivity contribution in [1.82, 2.24) is 10.2 Å². The highest BCUT2D eigenvalue weighted by Gasteiger charge is 2.30. The molecule has 1 aliphatic heterocycles. The standard InChI is InChI=1S/C14H26N2OS.ClH/c1-11(2)16(13-5-3-4-6-13)14(17)9-12-10-18-8-7-15-12;/h11-13,15H,3-10H2,1-2H3;1H. The number of nitrogens with one attached hydrogen (secondary N) is 1. The highest BCUT2D eigenvalue weighted by atomic mass is 35.5. The summed E-state index contributed by atoms with van der Waals surface area (Å²) in [6, 6.07) is 1.24. The van der Waals surface area contributed by atoms with Gasteiger partial charge in [0, 0.05) is 42.6 Å². The molecule has 0 radical (unpaired) electrons. The molecule has 0 aromatic carbocycles. The van der Waals surface area contributed by atoms with E-state index in [-0.39, 0.29) is 12.4 Å². The number of rotatable bonds is 4. The van der Waals surface area contributed by atoms with Gasteiger partial charge in [-0.25, -0.2) is 0 Å². The van der Waals surface area contributed by atoms with Crippen LogP contribution in [-0.4, -0.2) is 47.0 Å². The fraction of sp³-hybridized carbons (Fsp3) is 0.929. The van der Waals surface area contributed by atoms with E-state index in [2.05, 4.69) is 24.1 Å². The van der Waals surface area contributed by atoms with Crippen LogP contribution in [0.25, 0.3) is 0 Å². The first kappa shape index (κ1) is 17.1. The van der Waals surface area contributed by atoms with Gasteiger partial charge >= 0.3 is 0 Å². The summed E-state index contributed by atoms with van der Waals surface area (Å²) in [6.45, 7) is 5.35. The highest BCUT2D eigenvalue weighted by molar-refractivity contribution is 7.99. The van der Waals surface area contributed by atoms with Crippen LogP contribution in [-0.2, 0) is 4.79 Å². The minimum Gasteiger partial charge on any atom is -0.337 e. The summed E-state index contributed by atoms with van der Waals surface area (Å²) in [7, 11) is 0. The van der Waals surface area contributed by atoms with Crippen LogP contribution < -0.4 is 5.32 Å². The summed E-state index contributed by atoms with van der Waals surface area (Å²) in [5.74, 6) is 2.63. The van der Waals surface area contributed by atoms with Crippen LogP contribution in [0.15, 0.2) is 0 Å². The molecule has 2 aliphatic rings. The molecule has 1 aliphatic carbocycles. The molecule has 0 bridgehead atoms. The quantitative estimate of drug-likeness (QED) is 0.867. The zero-order valence-electron chi connectivity index (χ0n) is 12.1. The molecule has 0 aromatic rings. The van der Waals surface area contributed by atoms with Crippen LogP contribution in [0.5, 0.6) is 0 Å². The lowest BCUT2D eigenvalue weighted by molar-refractivity contribution is -0.135. The Bertz CT molecular complexity index is 277. The largest absolute Gasteiger partial charge is 0.337 e. The molecule has 1 heterocycles. The molecular weight excluding hydrogens is 280 g/mol.